The molecular formula is C24H28N4O4S. The van der Waals surface area contributed by atoms with Crippen molar-refractivity contribution in [2.75, 3.05) is 6.54 Å². The number of pyridine rings is 1. The fourth-order valence-corrected chi connectivity index (χ4v) is 8.05. The molecule has 174 valence electrons. The monoisotopic (exact) mass is 468 g/mol. The third-order valence-electron chi connectivity index (χ3n) is 8.31. The van der Waals surface area contributed by atoms with Crippen molar-refractivity contribution in [3.63, 3.8) is 0 Å². The van der Waals surface area contributed by atoms with Crippen molar-refractivity contribution < 1.29 is 14.3 Å². The van der Waals surface area contributed by atoms with Crippen molar-refractivity contribution in [1.82, 2.24) is 14.9 Å². The molecule has 2 amide bonds. The average molecular weight is 469 g/mol. The van der Waals surface area contributed by atoms with Crippen LogP contribution in [0, 0.1) is 23.2 Å². The number of amides is 2. The normalized spacial score (nSPS) is 34.5. The van der Waals surface area contributed by atoms with Crippen molar-refractivity contribution in [2.45, 2.75) is 57.1 Å². The molecule has 4 bridgehead atoms. The van der Waals surface area contributed by atoms with Gasteiger partial charge in [0.1, 0.15) is 11.1 Å². The van der Waals surface area contributed by atoms with E-state index in [9.17, 15) is 14.4 Å². The predicted octanol–water partition coefficient (Wildman–Crippen LogP) is 3.45. The highest BCUT2D eigenvalue weighted by atomic mass is 32.1. The molecule has 0 radical (unpaired) electrons. The Bertz CT molecular complexity index is 1140. The van der Waals surface area contributed by atoms with Crippen LogP contribution in [0.2, 0.25) is 0 Å². The Balaban J connectivity index is 1.18. The molecule has 9 heteroatoms. The molecule has 7 rings (SSSR count). The average Bonchev–Trinajstić information content (AvgIpc) is 3.45. The second kappa shape index (κ2) is 7.68. The van der Waals surface area contributed by atoms with Crippen molar-refractivity contribution in [3.05, 3.63) is 39.1 Å². The minimum absolute atomic E-state index is 0.105. The molecule has 8 nitrogen and oxygen atoms in total. The van der Waals surface area contributed by atoms with Crippen LogP contribution in [0.15, 0.2) is 28.5 Å². The summed E-state index contributed by atoms with van der Waals surface area (Å²) >= 11 is 1.52. The van der Waals surface area contributed by atoms with E-state index in [-0.39, 0.29) is 47.0 Å². The van der Waals surface area contributed by atoms with Gasteiger partial charge in [0.2, 0.25) is 11.5 Å². The number of ether oxygens (including phenoxy) is 1. The summed E-state index contributed by atoms with van der Waals surface area (Å²) in [7, 11) is 0. The van der Waals surface area contributed by atoms with Crippen LogP contribution in [0.3, 0.4) is 0 Å². The molecule has 4 aliphatic carbocycles. The lowest BCUT2D eigenvalue weighted by Crippen LogP contribution is -2.59. The number of aromatic nitrogens is 2. The van der Waals surface area contributed by atoms with Crippen molar-refractivity contribution >= 4 is 23.3 Å². The molecule has 3 atom stereocenters. The van der Waals surface area contributed by atoms with E-state index in [2.05, 4.69) is 4.98 Å². The Labute approximate surface area is 195 Å². The van der Waals surface area contributed by atoms with Crippen LogP contribution in [-0.2, 0) is 9.53 Å². The maximum atomic E-state index is 13.3. The first-order chi connectivity index (χ1) is 15.9. The largest absolute Gasteiger partial charge is 0.445 e. The number of nitrogens with two attached hydrogens (primary N) is 1. The highest BCUT2D eigenvalue weighted by Gasteiger charge is 2.59. The van der Waals surface area contributed by atoms with Crippen LogP contribution >= 0.6 is 11.3 Å². The number of hydrogen-bond donors (Lipinski definition) is 2. The van der Waals surface area contributed by atoms with E-state index in [1.807, 2.05) is 16.3 Å². The van der Waals surface area contributed by atoms with Gasteiger partial charge in [-0.2, -0.15) is 0 Å². The fraction of sp³-hybridized carbons (Fsp3) is 0.583. The highest BCUT2D eigenvalue weighted by Crippen LogP contribution is 2.60. The first-order valence-electron chi connectivity index (χ1n) is 11.8. The molecule has 3 N–H and O–H groups in total. The third-order valence-corrected chi connectivity index (χ3v) is 9.26. The van der Waals surface area contributed by atoms with Crippen LogP contribution in [0.5, 0.6) is 0 Å². The zero-order valence-corrected chi connectivity index (χ0v) is 19.2. The van der Waals surface area contributed by atoms with E-state index in [0.717, 1.165) is 61.2 Å². The second-order valence-corrected chi connectivity index (χ2v) is 11.2. The van der Waals surface area contributed by atoms with Crippen molar-refractivity contribution in [2.24, 2.45) is 28.9 Å². The van der Waals surface area contributed by atoms with Gasteiger partial charge in [-0.3, -0.25) is 14.5 Å². The molecule has 0 aromatic carbocycles. The number of carbonyl (C=O) groups excluding carboxylic acids is 2. The van der Waals surface area contributed by atoms with Gasteiger partial charge in [-0.1, -0.05) is 0 Å². The topological polar surface area (TPSA) is 118 Å². The van der Waals surface area contributed by atoms with Gasteiger partial charge >= 0.3 is 6.09 Å². The Kier molecular flexibility index (Phi) is 4.87. The molecule has 3 heterocycles. The molecular weight excluding hydrogens is 440 g/mol. The lowest BCUT2D eigenvalue weighted by molar-refractivity contribution is -0.161. The Morgan fingerprint density at radius 3 is 2.76 bits per heavy atom. The quantitative estimate of drug-likeness (QED) is 0.712. The van der Waals surface area contributed by atoms with Crippen LogP contribution in [0.4, 0.5) is 4.79 Å². The zero-order valence-electron chi connectivity index (χ0n) is 18.4. The maximum absolute atomic E-state index is 13.3. The van der Waals surface area contributed by atoms with E-state index >= 15 is 0 Å². The van der Waals surface area contributed by atoms with Gasteiger partial charge in [0, 0.05) is 29.8 Å². The van der Waals surface area contributed by atoms with Gasteiger partial charge in [-0.05, 0) is 68.8 Å². The van der Waals surface area contributed by atoms with E-state index < -0.39 is 0 Å². The Morgan fingerprint density at radius 2 is 2.03 bits per heavy atom. The maximum Gasteiger partial charge on any atom is 0.410 e. The van der Waals surface area contributed by atoms with Gasteiger partial charge in [0.05, 0.1) is 17.2 Å². The second-order valence-electron chi connectivity index (χ2n) is 10.3. The van der Waals surface area contributed by atoms with Crippen LogP contribution in [-0.4, -0.2) is 39.5 Å². The number of primary amides is 1. The molecule has 2 aromatic rings. The predicted molar refractivity (Wildman–Crippen MR) is 122 cm³/mol. The summed E-state index contributed by atoms with van der Waals surface area (Å²) in [5.74, 6) is 0.822. The number of aromatic amines is 1. The van der Waals surface area contributed by atoms with Gasteiger partial charge in [0.15, 0.2) is 0 Å². The number of nitrogens with one attached hydrogen (secondary N) is 1. The van der Waals surface area contributed by atoms with Crippen LogP contribution in [0.25, 0.3) is 11.3 Å². The van der Waals surface area contributed by atoms with Gasteiger partial charge < -0.3 is 15.5 Å². The minimum Gasteiger partial charge on any atom is -0.445 e. The highest BCUT2D eigenvalue weighted by molar-refractivity contribution is 7.10. The Morgan fingerprint density at radius 1 is 1.24 bits per heavy atom. The molecule has 0 spiro atoms. The fourth-order valence-electron chi connectivity index (χ4n) is 7.08. The lowest BCUT2D eigenvalue weighted by Gasteiger charge is -2.58. The number of likely N-dealkylation sites (tertiary alicyclic amines) is 1. The molecule has 5 aliphatic rings. The summed E-state index contributed by atoms with van der Waals surface area (Å²) < 4.78 is 6.16. The summed E-state index contributed by atoms with van der Waals surface area (Å²) in [6, 6.07) is 3.25. The van der Waals surface area contributed by atoms with Crippen molar-refractivity contribution in [3.8, 4) is 11.3 Å². The molecule has 5 fully saturated rings. The SMILES string of the molecule is NC(=O)C12CC3CC(C1)C(OC(=O)N1CCCC1c1nc(-c4cc[nH]c(=O)c4)cs1)C(C3)C2. The first-order valence-corrected chi connectivity index (χ1v) is 12.7. The third kappa shape index (κ3) is 3.48. The van der Waals surface area contributed by atoms with Gasteiger partial charge in [-0.15, -0.1) is 11.3 Å². The number of carbonyl (C=O) groups is 2. The molecule has 3 unspecified atom stereocenters. The lowest BCUT2D eigenvalue weighted by atomic mass is 9.48. The number of nitrogens with zero attached hydrogens (tertiary/aromatic N) is 2. The van der Waals surface area contributed by atoms with E-state index in [1.54, 1.807) is 6.20 Å². The molecule has 2 aromatic heterocycles. The molecule has 4 saturated carbocycles. The standard InChI is InChI=1S/C24H28N4O4S/c25-22(30)24-9-13-6-15(10-24)20(16(7-13)11-24)32-23(31)28-5-1-2-18(28)21-27-17(12-33-21)14-3-4-26-19(29)8-14/h3-4,8,12-13,15-16,18,20H,1-2,5-7,9-11H2,(H2,25,30)(H,26,29). The summed E-state index contributed by atoms with van der Waals surface area (Å²) in [5, 5.41) is 2.81. The number of H-pyrrole nitrogens is 1. The number of hydrogen-bond acceptors (Lipinski definition) is 6. The Hall–Kier alpha value is -2.68. The first kappa shape index (κ1) is 20.9. The summed E-state index contributed by atoms with van der Waals surface area (Å²) in [5.41, 5.74) is 6.76. The van der Waals surface area contributed by atoms with E-state index in [0.29, 0.717) is 12.5 Å². The molecule has 1 saturated heterocycles. The molecule has 33 heavy (non-hydrogen) atoms. The van der Waals surface area contributed by atoms with E-state index in [4.69, 9.17) is 15.5 Å². The summed E-state index contributed by atoms with van der Waals surface area (Å²) in [6.45, 7) is 0.652. The van der Waals surface area contributed by atoms with Gasteiger partial charge in [0.25, 0.3) is 0 Å². The van der Waals surface area contributed by atoms with Crippen molar-refractivity contribution in [1.29, 1.82) is 0 Å². The van der Waals surface area contributed by atoms with Crippen LogP contribution < -0.4 is 11.3 Å². The minimum atomic E-state index is -0.383. The van der Waals surface area contributed by atoms with Gasteiger partial charge in [-0.25, -0.2) is 9.78 Å². The smallest absolute Gasteiger partial charge is 0.410 e. The van der Waals surface area contributed by atoms with E-state index in [1.165, 1.54) is 17.4 Å². The number of rotatable bonds is 4. The summed E-state index contributed by atoms with van der Waals surface area (Å²) in [4.78, 5) is 46.3. The summed E-state index contributed by atoms with van der Waals surface area (Å²) in [6.07, 6.45) is 7.45. The van der Waals surface area contributed by atoms with Crippen LogP contribution in [0.1, 0.15) is 56.0 Å². The number of thiazole rings is 1. The zero-order chi connectivity index (χ0) is 22.7. The molecule has 1 aliphatic heterocycles.